The Morgan fingerprint density at radius 2 is 1.58 bits per heavy atom. The molecular formula is C11H8F6O2. The molecule has 1 fully saturated rings. The predicted octanol–water partition coefficient (Wildman–Crippen LogP) is 2.94. The summed E-state index contributed by atoms with van der Waals surface area (Å²) in [7, 11) is 0. The Hall–Kier alpha value is -1.28. The Labute approximate surface area is 103 Å². The molecule has 2 rings (SSSR count). The van der Waals surface area contributed by atoms with Crippen molar-refractivity contribution in [2.24, 2.45) is 0 Å². The molecule has 1 aliphatic heterocycles. The van der Waals surface area contributed by atoms with Crippen molar-refractivity contribution in [1.29, 1.82) is 0 Å². The normalized spacial score (nSPS) is 19.1. The average Bonchev–Trinajstić information content (AvgIpc) is 2.22. The summed E-state index contributed by atoms with van der Waals surface area (Å²) in [6, 6.07) is 1.17. The molecule has 2 nitrogen and oxygen atoms in total. The Morgan fingerprint density at radius 1 is 1.00 bits per heavy atom. The standard InChI is InChI=1S/C11H8F6O2/c12-10(13,14)6-1-2-7(9(18)4-19-5-9)8(3-6)11(15,16)17/h1-3,18H,4-5H2. The van der Waals surface area contributed by atoms with Crippen molar-refractivity contribution in [3.8, 4) is 0 Å². The van der Waals surface area contributed by atoms with Crippen molar-refractivity contribution >= 4 is 0 Å². The summed E-state index contributed by atoms with van der Waals surface area (Å²) in [5.74, 6) is 0. The number of aliphatic hydroxyl groups is 1. The van der Waals surface area contributed by atoms with E-state index in [9.17, 15) is 31.4 Å². The van der Waals surface area contributed by atoms with Gasteiger partial charge in [-0.15, -0.1) is 0 Å². The van der Waals surface area contributed by atoms with Crippen molar-refractivity contribution in [2.75, 3.05) is 13.2 Å². The lowest BCUT2D eigenvalue weighted by atomic mass is 9.87. The van der Waals surface area contributed by atoms with E-state index in [4.69, 9.17) is 0 Å². The smallest absolute Gasteiger partial charge is 0.380 e. The second-order valence-corrected chi connectivity index (χ2v) is 4.28. The highest BCUT2D eigenvalue weighted by atomic mass is 19.4. The van der Waals surface area contributed by atoms with Crippen LogP contribution in [-0.2, 0) is 22.7 Å². The molecule has 1 aromatic rings. The van der Waals surface area contributed by atoms with Crippen LogP contribution in [0.15, 0.2) is 18.2 Å². The van der Waals surface area contributed by atoms with Gasteiger partial charge in [0.25, 0.3) is 0 Å². The van der Waals surface area contributed by atoms with Gasteiger partial charge in [-0.3, -0.25) is 0 Å². The van der Waals surface area contributed by atoms with Crippen molar-refractivity contribution < 1.29 is 36.2 Å². The monoisotopic (exact) mass is 286 g/mol. The number of halogens is 6. The van der Waals surface area contributed by atoms with Gasteiger partial charge in [0.1, 0.15) is 5.60 Å². The van der Waals surface area contributed by atoms with Crippen molar-refractivity contribution in [3.63, 3.8) is 0 Å². The molecular weight excluding hydrogens is 278 g/mol. The molecule has 1 aromatic carbocycles. The summed E-state index contributed by atoms with van der Waals surface area (Å²) in [4.78, 5) is 0. The molecule has 0 unspecified atom stereocenters. The first-order valence-corrected chi connectivity index (χ1v) is 5.13. The third-order valence-electron chi connectivity index (χ3n) is 2.84. The number of hydrogen-bond donors (Lipinski definition) is 1. The molecule has 0 aliphatic carbocycles. The van der Waals surface area contributed by atoms with Gasteiger partial charge in [0.05, 0.1) is 24.3 Å². The van der Waals surface area contributed by atoms with Gasteiger partial charge in [0, 0.05) is 5.56 Å². The number of ether oxygens (including phenoxy) is 1. The lowest BCUT2D eigenvalue weighted by Gasteiger charge is -2.38. The van der Waals surface area contributed by atoms with Gasteiger partial charge in [-0.05, 0) is 12.1 Å². The Bertz CT molecular complexity index is 487. The fourth-order valence-corrected chi connectivity index (χ4v) is 1.81. The minimum atomic E-state index is -4.98. The zero-order valence-corrected chi connectivity index (χ0v) is 9.27. The Kier molecular flexibility index (Phi) is 3.06. The summed E-state index contributed by atoms with van der Waals surface area (Å²) in [5, 5.41) is 9.81. The van der Waals surface area contributed by atoms with Crippen LogP contribution in [-0.4, -0.2) is 18.3 Å². The first-order valence-electron chi connectivity index (χ1n) is 5.13. The van der Waals surface area contributed by atoms with Gasteiger partial charge in [0.2, 0.25) is 0 Å². The summed E-state index contributed by atoms with van der Waals surface area (Å²) in [5.41, 5.74) is -5.38. The van der Waals surface area contributed by atoms with Gasteiger partial charge in [-0.2, -0.15) is 26.3 Å². The van der Waals surface area contributed by atoms with Crippen LogP contribution in [0.3, 0.4) is 0 Å². The number of hydrogen-bond acceptors (Lipinski definition) is 2. The maximum absolute atomic E-state index is 12.8. The first-order chi connectivity index (χ1) is 8.54. The lowest BCUT2D eigenvalue weighted by molar-refractivity contribution is -0.191. The largest absolute Gasteiger partial charge is 0.416 e. The third-order valence-corrected chi connectivity index (χ3v) is 2.84. The van der Waals surface area contributed by atoms with Crippen LogP contribution in [0.25, 0.3) is 0 Å². The minimum absolute atomic E-state index is 0.00558. The number of alkyl halides is 6. The highest BCUT2D eigenvalue weighted by Gasteiger charge is 2.46. The molecule has 1 heterocycles. The molecule has 1 aliphatic rings. The SMILES string of the molecule is OC1(c2ccc(C(F)(F)F)cc2C(F)(F)F)COC1. The van der Waals surface area contributed by atoms with E-state index in [1.165, 1.54) is 0 Å². The topological polar surface area (TPSA) is 29.5 Å². The number of benzene rings is 1. The highest BCUT2D eigenvalue weighted by molar-refractivity contribution is 5.40. The second-order valence-electron chi connectivity index (χ2n) is 4.28. The van der Waals surface area contributed by atoms with E-state index in [1.54, 1.807) is 0 Å². The zero-order chi connectivity index (χ0) is 14.5. The van der Waals surface area contributed by atoms with E-state index in [2.05, 4.69) is 4.74 Å². The summed E-state index contributed by atoms with van der Waals surface area (Å²) in [6.07, 6.45) is -9.86. The van der Waals surface area contributed by atoms with Crippen LogP contribution in [0.4, 0.5) is 26.3 Å². The molecule has 0 aromatic heterocycles. The van der Waals surface area contributed by atoms with Crippen LogP contribution >= 0.6 is 0 Å². The molecule has 8 heteroatoms. The van der Waals surface area contributed by atoms with Crippen LogP contribution in [0.1, 0.15) is 16.7 Å². The average molecular weight is 286 g/mol. The van der Waals surface area contributed by atoms with Gasteiger partial charge < -0.3 is 9.84 Å². The number of rotatable bonds is 1. The Morgan fingerprint density at radius 3 is 1.95 bits per heavy atom. The van der Waals surface area contributed by atoms with Crippen LogP contribution in [0.5, 0.6) is 0 Å². The quantitative estimate of drug-likeness (QED) is 0.804. The molecule has 0 saturated carbocycles. The summed E-state index contributed by atoms with van der Waals surface area (Å²) < 4.78 is 80.3. The van der Waals surface area contributed by atoms with E-state index in [-0.39, 0.29) is 19.3 Å². The van der Waals surface area contributed by atoms with Crippen LogP contribution in [0.2, 0.25) is 0 Å². The third kappa shape index (κ3) is 2.55. The van der Waals surface area contributed by atoms with Gasteiger partial charge >= 0.3 is 12.4 Å². The lowest BCUT2D eigenvalue weighted by Crippen LogP contribution is -2.47. The van der Waals surface area contributed by atoms with E-state index >= 15 is 0 Å². The molecule has 0 spiro atoms. The van der Waals surface area contributed by atoms with E-state index in [0.717, 1.165) is 0 Å². The zero-order valence-electron chi connectivity index (χ0n) is 9.27. The van der Waals surface area contributed by atoms with Crippen molar-refractivity contribution in [1.82, 2.24) is 0 Å². The minimum Gasteiger partial charge on any atom is -0.380 e. The highest BCUT2D eigenvalue weighted by Crippen LogP contribution is 2.42. The molecule has 0 bridgehead atoms. The molecule has 0 amide bonds. The maximum Gasteiger partial charge on any atom is 0.416 e. The molecule has 19 heavy (non-hydrogen) atoms. The van der Waals surface area contributed by atoms with Crippen LogP contribution in [0, 0.1) is 0 Å². The fraction of sp³-hybridized carbons (Fsp3) is 0.455. The molecule has 0 atom stereocenters. The van der Waals surface area contributed by atoms with E-state index < -0.39 is 34.6 Å². The maximum atomic E-state index is 12.8. The van der Waals surface area contributed by atoms with E-state index in [0.29, 0.717) is 12.1 Å². The van der Waals surface area contributed by atoms with Gasteiger partial charge in [-0.1, -0.05) is 6.07 Å². The van der Waals surface area contributed by atoms with Crippen molar-refractivity contribution in [3.05, 3.63) is 34.9 Å². The predicted molar refractivity (Wildman–Crippen MR) is 51.2 cm³/mol. The molecule has 1 N–H and O–H groups in total. The molecule has 0 radical (unpaired) electrons. The van der Waals surface area contributed by atoms with Gasteiger partial charge in [-0.25, -0.2) is 0 Å². The van der Waals surface area contributed by atoms with Crippen molar-refractivity contribution in [2.45, 2.75) is 18.0 Å². The van der Waals surface area contributed by atoms with Gasteiger partial charge in [0.15, 0.2) is 0 Å². The summed E-state index contributed by atoms with van der Waals surface area (Å²) in [6.45, 7) is -0.747. The van der Waals surface area contributed by atoms with E-state index in [1.807, 2.05) is 0 Å². The molecule has 1 saturated heterocycles. The first kappa shape index (κ1) is 14.1. The second kappa shape index (κ2) is 4.11. The molecule has 106 valence electrons. The summed E-state index contributed by atoms with van der Waals surface area (Å²) >= 11 is 0. The fourth-order valence-electron chi connectivity index (χ4n) is 1.81. The Balaban J connectivity index is 2.56. The van der Waals surface area contributed by atoms with Crippen LogP contribution < -0.4 is 0 Å².